The molecule has 12 heteroatoms. The molecule has 1 amide bonds. The van der Waals surface area contributed by atoms with Gasteiger partial charge in [0, 0.05) is 17.7 Å². The maximum Gasteiger partial charge on any atom is 0.273 e. The van der Waals surface area contributed by atoms with Crippen LogP contribution in [0.5, 0.6) is 5.75 Å². The Morgan fingerprint density at radius 1 is 0.932 bits per heavy atom. The van der Waals surface area contributed by atoms with Gasteiger partial charge in [-0.3, -0.25) is 19.2 Å². The van der Waals surface area contributed by atoms with Gasteiger partial charge in [-0.1, -0.05) is 42.5 Å². The highest BCUT2D eigenvalue weighted by atomic mass is 32.2. The number of carbonyl (C=O) groups excluding carboxylic acids is 1. The fraction of sp³-hybridized carbons (Fsp3) is 0.0625. The first kappa shape index (κ1) is 29.7. The molecule has 1 heterocycles. The third-order valence-electron chi connectivity index (χ3n) is 6.58. The van der Waals surface area contributed by atoms with Crippen LogP contribution in [0.3, 0.4) is 0 Å². The zero-order chi connectivity index (χ0) is 31.1. The Morgan fingerprint density at radius 3 is 2.30 bits per heavy atom. The number of sulfonamides is 1. The van der Waals surface area contributed by atoms with Gasteiger partial charge >= 0.3 is 0 Å². The van der Waals surface area contributed by atoms with Gasteiger partial charge in [-0.05, 0) is 66.2 Å². The summed E-state index contributed by atoms with van der Waals surface area (Å²) in [6.07, 6.45) is 1.30. The van der Waals surface area contributed by atoms with Gasteiger partial charge in [0.2, 0.25) is 0 Å². The zero-order valence-electron chi connectivity index (χ0n) is 23.4. The van der Waals surface area contributed by atoms with Crippen molar-refractivity contribution < 1.29 is 27.3 Å². The number of para-hydroxylation sites is 1. The summed E-state index contributed by atoms with van der Waals surface area (Å²) in [6.45, 7) is -0.0272. The molecule has 5 rings (SSSR count). The van der Waals surface area contributed by atoms with E-state index in [2.05, 4.69) is 10.5 Å². The molecule has 0 spiro atoms. The highest BCUT2D eigenvalue weighted by Gasteiger charge is 2.28. The smallest absolute Gasteiger partial charge is 0.273 e. The molecule has 222 valence electrons. The fourth-order valence-electron chi connectivity index (χ4n) is 4.35. The van der Waals surface area contributed by atoms with Crippen molar-refractivity contribution >= 4 is 33.5 Å². The average molecular weight is 611 g/mol. The van der Waals surface area contributed by atoms with Crippen LogP contribution >= 0.6 is 0 Å². The summed E-state index contributed by atoms with van der Waals surface area (Å²) in [6, 6.07) is 30.6. The van der Waals surface area contributed by atoms with Crippen molar-refractivity contribution in [2.24, 2.45) is 5.10 Å². The van der Waals surface area contributed by atoms with Gasteiger partial charge < -0.3 is 9.15 Å². The number of amides is 1. The molecule has 0 unspecified atom stereocenters. The number of hydrogen-bond donors (Lipinski definition) is 1. The molecule has 0 aliphatic carbocycles. The summed E-state index contributed by atoms with van der Waals surface area (Å²) in [5, 5.41) is 14.9. The first-order valence-electron chi connectivity index (χ1n) is 13.2. The number of nitro groups is 1. The van der Waals surface area contributed by atoms with E-state index in [0.29, 0.717) is 22.8 Å². The van der Waals surface area contributed by atoms with Crippen LogP contribution in [0.15, 0.2) is 130 Å². The van der Waals surface area contributed by atoms with Crippen molar-refractivity contribution in [1.82, 2.24) is 5.43 Å². The molecule has 44 heavy (non-hydrogen) atoms. The van der Waals surface area contributed by atoms with Crippen LogP contribution in [0.25, 0.3) is 11.3 Å². The second-order valence-corrected chi connectivity index (χ2v) is 11.3. The van der Waals surface area contributed by atoms with E-state index < -0.39 is 20.9 Å². The van der Waals surface area contributed by atoms with Crippen molar-refractivity contribution in [3.8, 4) is 17.1 Å². The SMILES string of the molecule is COc1ccc(S(=O)(=O)N(Cc2ccccc2)c2ccccc2C(=O)NN=Cc2ccc(-c3ccc([N+](=O)[O-])cc3)o2)cc1. The van der Waals surface area contributed by atoms with E-state index in [-0.39, 0.29) is 28.4 Å². The number of nitrogens with one attached hydrogen (secondary N) is 1. The maximum atomic E-state index is 14.0. The summed E-state index contributed by atoms with van der Waals surface area (Å²) in [7, 11) is -2.63. The van der Waals surface area contributed by atoms with Crippen LogP contribution in [0.4, 0.5) is 11.4 Å². The summed E-state index contributed by atoms with van der Waals surface area (Å²) in [5.41, 5.74) is 4.00. The Morgan fingerprint density at radius 2 is 1.61 bits per heavy atom. The number of nitro benzene ring substituents is 1. The largest absolute Gasteiger partial charge is 0.497 e. The molecule has 0 aliphatic rings. The average Bonchev–Trinajstić information content (AvgIpc) is 3.53. The van der Waals surface area contributed by atoms with Crippen LogP contribution in [0, 0.1) is 10.1 Å². The number of non-ortho nitro benzene ring substituents is 1. The predicted molar refractivity (Wildman–Crippen MR) is 165 cm³/mol. The lowest BCUT2D eigenvalue weighted by Crippen LogP contribution is -2.33. The highest BCUT2D eigenvalue weighted by Crippen LogP contribution is 2.30. The van der Waals surface area contributed by atoms with E-state index in [1.807, 2.05) is 18.2 Å². The van der Waals surface area contributed by atoms with Gasteiger partial charge in [0.15, 0.2) is 0 Å². The Kier molecular flexibility index (Phi) is 8.82. The van der Waals surface area contributed by atoms with Crippen LogP contribution in [0.2, 0.25) is 0 Å². The number of anilines is 1. The van der Waals surface area contributed by atoms with E-state index >= 15 is 0 Å². The van der Waals surface area contributed by atoms with Gasteiger partial charge in [-0.25, -0.2) is 13.8 Å². The molecule has 0 radical (unpaired) electrons. The third-order valence-corrected chi connectivity index (χ3v) is 8.36. The Labute approximate surface area is 253 Å². The zero-order valence-corrected chi connectivity index (χ0v) is 24.2. The van der Waals surface area contributed by atoms with Gasteiger partial charge in [0.25, 0.3) is 21.6 Å². The normalized spacial score (nSPS) is 11.3. The number of ether oxygens (including phenoxy) is 1. The molecule has 0 saturated carbocycles. The maximum absolute atomic E-state index is 14.0. The van der Waals surface area contributed by atoms with E-state index in [9.17, 15) is 23.3 Å². The van der Waals surface area contributed by atoms with E-state index in [1.165, 1.54) is 48.0 Å². The molecular formula is C32H26N4O7S. The number of rotatable bonds is 11. The predicted octanol–water partition coefficient (Wildman–Crippen LogP) is 6.02. The Balaban J connectivity index is 1.39. The van der Waals surface area contributed by atoms with Gasteiger partial charge in [-0.2, -0.15) is 5.10 Å². The lowest BCUT2D eigenvalue weighted by Gasteiger charge is -2.26. The minimum atomic E-state index is -4.12. The molecule has 0 aliphatic heterocycles. The molecule has 5 aromatic rings. The van der Waals surface area contributed by atoms with Gasteiger partial charge in [-0.15, -0.1) is 0 Å². The van der Waals surface area contributed by atoms with Crippen LogP contribution in [0.1, 0.15) is 21.7 Å². The number of benzene rings is 4. The van der Waals surface area contributed by atoms with Gasteiger partial charge in [0.1, 0.15) is 17.3 Å². The van der Waals surface area contributed by atoms with Crippen LogP contribution in [-0.4, -0.2) is 32.6 Å². The first-order chi connectivity index (χ1) is 21.3. The summed E-state index contributed by atoms with van der Waals surface area (Å²) < 4.78 is 40.0. The molecule has 1 aromatic heterocycles. The van der Waals surface area contributed by atoms with Crippen LogP contribution < -0.4 is 14.5 Å². The lowest BCUT2D eigenvalue weighted by molar-refractivity contribution is -0.384. The van der Waals surface area contributed by atoms with Crippen molar-refractivity contribution in [3.63, 3.8) is 0 Å². The molecule has 11 nitrogen and oxygen atoms in total. The van der Waals surface area contributed by atoms with E-state index in [1.54, 1.807) is 66.7 Å². The minimum Gasteiger partial charge on any atom is -0.497 e. The number of hydrazone groups is 1. The molecule has 0 saturated heterocycles. The number of carbonyl (C=O) groups is 1. The topological polar surface area (TPSA) is 144 Å². The molecule has 0 atom stereocenters. The summed E-state index contributed by atoms with van der Waals surface area (Å²) in [5.74, 6) is 0.646. The van der Waals surface area contributed by atoms with Crippen LogP contribution in [-0.2, 0) is 16.6 Å². The molecule has 0 fully saturated rings. The summed E-state index contributed by atoms with van der Waals surface area (Å²) >= 11 is 0. The summed E-state index contributed by atoms with van der Waals surface area (Å²) in [4.78, 5) is 23.8. The second-order valence-electron chi connectivity index (χ2n) is 9.40. The van der Waals surface area contributed by atoms with Crippen molar-refractivity contribution in [2.45, 2.75) is 11.4 Å². The van der Waals surface area contributed by atoms with Crippen molar-refractivity contribution in [3.05, 3.63) is 142 Å². The van der Waals surface area contributed by atoms with E-state index in [0.717, 1.165) is 5.56 Å². The third kappa shape index (κ3) is 6.66. The first-order valence-corrected chi connectivity index (χ1v) is 14.7. The fourth-order valence-corrected chi connectivity index (χ4v) is 5.82. The highest BCUT2D eigenvalue weighted by molar-refractivity contribution is 7.92. The quantitative estimate of drug-likeness (QED) is 0.109. The number of nitrogens with zero attached hydrogens (tertiary/aromatic N) is 3. The van der Waals surface area contributed by atoms with Crippen molar-refractivity contribution in [1.29, 1.82) is 0 Å². The minimum absolute atomic E-state index is 0.0272. The Hall–Kier alpha value is -5.75. The van der Waals surface area contributed by atoms with E-state index in [4.69, 9.17) is 9.15 Å². The second kappa shape index (κ2) is 13.0. The standard InChI is InChI=1S/C32H26N4O7S/c1-42-26-15-18-28(19-16-26)44(40,41)35(22-23-7-3-2-4-8-23)30-10-6-5-9-29(30)32(37)34-33-21-27-17-20-31(43-27)24-11-13-25(14-12-24)36(38)39/h2-21H,22H2,1H3,(H,34,37). The number of furan rings is 1. The monoisotopic (exact) mass is 610 g/mol. The molecular weight excluding hydrogens is 584 g/mol. The number of methoxy groups -OCH3 is 1. The molecule has 1 N–H and O–H groups in total. The lowest BCUT2D eigenvalue weighted by atomic mass is 10.1. The van der Waals surface area contributed by atoms with Crippen molar-refractivity contribution in [2.75, 3.05) is 11.4 Å². The number of hydrogen-bond acceptors (Lipinski definition) is 8. The van der Waals surface area contributed by atoms with Gasteiger partial charge in [0.05, 0.1) is 40.9 Å². The Bertz CT molecular complexity index is 1900. The molecule has 0 bridgehead atoms. The molecule has 4 aromatic carbocycles.